The quantitative estimate of drug-likeness (QED) is 0.605. The summed E-state index contributed by atoms with van der Waals surface area (Å²) in [6.45, 7) is 7.05. The molecule has 1 aromatic heterocycles. The molecule has 0 spiro atoms. The Hall–Kier alpha value is -3.56. The maximum Gasteiger partial charge on any atom is 0.314 e. The molecule has 1 fully saturated rings. The van der Waals surface area contributed by atoms with Gasteiger partial charge in [0, 0.05) is 23.9 Å². The van der Waals surface area contributed by atoms with E-state index in [1.807, 2.05) is 30.3 Å². The van der Waals surface area contributed by atoms with E-state index in [0.29, 0.717) is 11.4 Å². The lowest BCUT2D eigenvalue weighted by molar-refractivity contribution is -0.231. The number of aromatic nitrogens is 1. The Morgan fingerprint density at radius 3 is 2.64 bits per heavy atom. The van der Waals surface area contributed by atoms with Gasteiger partial charge in [-0.05, 0) is 32.2 Å². The van der Waals surface area contributed by atoms with Crippen LogP contribution in [-0.2, 0) is 28.7 Å². The molecule has 9 nitrogen and oxygen atoms in total. The van der Waals surface area contributed by atoms with Gasteiger partial charge in [0.15, 0.2) is 6.67 Å². The molecule has 1 aromatic carbocycles. The van der Waals surface area contributed by atoms with Crippen LogP contribution in [-0.4, -0.2) is 52.6 Å². The molecule has 3 heterocycles. The predicted molar refractivity (Wildman–Crippen MR) is 128 cm³/mol. The fraction of sp³-hybridized carbons (Fsp3) is 0.500. The summed E-state index contributed by atoms with van der Waals surface area (Å²) >= 11 is 0. The van der Waals surface area contributed by atoms with Gasteiger partial charge in [-0.2, -0.15) is 0 Å². The van der Waals surface area contributed by atoms with Crippen LogP contribution in [0.3, 0.4) is 0 Å². The Kier molecular flexibility index (Phi) is 6.49. The third-order valence-electron chi connectivity index (χ3n) is 6.57. The number of fused-ring (bicyclic) bond motifs is 1. The number of esters is 2. The number of hydrogen-bond donors (Lipinski definition) is 1. The number of cyclic esters (lactones) is 1. The van der Waals surface area contributed by atoms with Gasteiger partial charge in [0.2, 0.25) is 5.60 Å². The lowest BCUT2D eigenvalue weighted by Gasteiger charge is -2.35. The number of carbonyl (C=O) groups excluding carboxylic acids is 3. The second-order valence-electron chi connectivity index (χ2n) is 10.5. The number of halogens is 1. The molecular weight excluding hydrogens is 469 g/mol. The molecule has 2 aliphatic rings. The van der Waals surface area contributed by atoms with E-state index >= 15 is 0 Å². The molecule has 2 aromatic rings. The van der Waals surface area contributed by atoms with Crippen molar-refractivity contribution < 1.29 is 33.1 Å². The minimum absolute atomic E-state index is 0.101. The number of carbonyl (C=O) groups is 3. The molecular formula is C26H30FN3O6. The zero-order valence-electron chi connectivity index (χ0n) is 21.0. The molecule has 0 saturated carbocycles. The van der Waals surface area contributed by atoms with Gasteiger partial charge in [-0.15, -0.1) is 0 Å². The highest BCUT2D eigenvalue weighted by Gasteiger charge is 2.58. The van der Waals surface area contributed by atoms with Crippen molar-refractivity contribution in [2.75, 3.05) is 6.67 Å². The summed E-state index contributed by atoms with van der Waals surface area (Å²) in [7, 11) is 0. The fourth-order valence-corrected chi connectivity index (χ4v) is 4.24. The van der Waals surface area contributed by atoms with Crippen LogP contribution in [0.2, 0.25) is 0 Å². The molecule has 1 N–H and O–H groups in total. The van der Waals surface area contributed by atoms with Gasteiger partial charge in [0.25, 0.3) is 5.91 Å². The van der Waals surface area contributed by atoms with E-state index in [1.165, 1.54) is 0 Å². The number of amides is 1. The monoisotopic (exact) mass is 499 g/mol. The van der Waals surface area contributed by atoms with Crippen LogP contribution in [0.25, 0.3) is 10.8 Å². The first kappa shape index (κ1) is 25.5. The SMILES string of the molecule is CC(C)[C@@]1(C(=O)N[C@H]2CC(=O)O[C@@]2(CF)OC(=O)C(C)(C)C)CC(c2nccc3ccccc23)=NO1. The minimum atomic E-state index is -2.26. The van der Waals surface area contributed by atoms with E-state index in [1.54, 1.807) is 40.8 Å². The molecule has 0 bridgehead atoms. The van der Waals surface area contributed by atoms with Crippen LogP contribution in [0.4, 0.5) is 4.39 Å². The van der Waals surface area contributed by atoms with Crippen LogP contribution >= 0.6 is 0 Å². The number of benzene rings is 1. The highest BCUT2D eigenvalue weighted by molar-refractivity contribution is 6.11. The van der Waals surface area contributed by atoms with Crippen molar-refractivity contribution >= 4 is 34.3 Å². The number of ether oxygens (including phenoxy) is 2. The third kappa shape index (κ3) is 4.40. The second kappa shape index (κ2) is 9.15. The van der Waals surface area contributed by atoms with Crippen molar-refractivity contribution in [2.45, 2.75) is 64.9 Å². The van der Waals surface area contributed by atoms with Gasteiger partial charge in [-0.1, -0.05) is 43.3 Å². The summed E-state index contributed by atoms with van der Waals surface area (Å²) in [5.41, 5.74) is -1.34. The first-order chi connectivity index (χ1) is 16.9. The fourth-order valence-electron chi connectivity index (χ4n) is 4.24. The smallest absolute Gasteiger partial charge is 0.314 e. The van der Waals surface area contributed by atoms with Crippen LogP contribution in [0.5, 0.6) is 0 Å². The average molecular weight is 500 g/mol. The summed E-state index contributed by atoms with van der Waals surface area (Å²) in [5, 5.41) is 8.70. The van der Waals surface area contributed by atoms with E-state index in [-0.39, 0.29) is 18.8 Å². The molecule has 36 heavy (non-hydrogen) atoms. The zero-order chi connectivity index (χ0) is 26.3. The number of nitrogens with one attached hydrogen (secondary N) is 1. The zero-order valence-corrected chi connectivity index (χ0v) is 21.0. The lowest BCUT2D eigenvalue weighted by atomic mass is 9.83. The molecule has 1 saturated heterocycles. The number of rotatable bonds is 6. The van der Waals surface area contributed by atoms with Crippen molar-refractivity contribution in [2.24, 2.45) is 16.5 Å². The molecule has 0 unspecified atom stereocenters. The predicted octanol–water partition coefficient (Wildman–Crippen LogP) is 3.44. The Bertz CT molecular complexity index is 1230. The number of pyridine rings is 1. The molecule has 3 atom stereocenters. The number of hydrogen-bond acceptors (Lipinski definition) is 8. The van der Waals surface area contributed by atoms with E-state index < -0.39 is 47.4 Å². The summed E-state index contributed by atoms with van der Waals surface area (Å²) < 4.78 is 24.7. The van der Waals surface area contributed by atoms with Gasteiger partial charge in [-0.3, -0.25) is 19.4 Å². The van der Waals surface area contributed by atoms with Crippen molar-refractivity contribution in [1.29, 1.82) is 0 Å². The van der Waals surface area contributed by atoms with Crippen molar-refractivity contribution in [3.63, 3.8) is 0 Å². The Morgan fingerprint density at radius 1 is 1.25 bits per heavy atom. The molecule has 192 valence electrons. The van der Waals surface area contributed by atoms with Gasteiger partial charge < -0.3 is 19.6 Å². The lowest BCUT2D eigenvalue weighted by Crippen LogP contribution is -2.60. The number of nitrogens with zero attached hydrogens (tertiary/aromatic N) is 2. The van der Waals surface area contributed by atoms with Gasteiger partial charge >= 0.3 is 17.7 Å². The minimum Gasteiger partial charge on any atom is -0.417 e. The van der Waals surface area contributed by atoms with Crippen LogP contribution in [0.1, 0.15) is 53.2 Å². The second-order valence-corrected chi connectivity index (χ2v) is 10.5. The van der Waals surface area contributed by atoms with Crippen LogP contribution < -0.4 is 5.32 Å². The van der Waals surface area contributed by atoms with E-state index in [9.17, 15) is 18.8 Å². The number of alkyl halides is 1. The Balaban J connectivity index is 1.60. The molecule has 10 heteroatoms. The van der Waals surface area contributed by atoms with Crippen molar-refractivity contribution in [3.8, 4) is 0 Å². The normalized spacial score (nSPS) is 25.9. The highest BCUT2D eigenvalue weighted by Crippen LogP contribution is 2.37. The largest absolute Gasteiger partial charge is 0.417 e. The van der Waals surface area contributed by atoms with Gasteiger partial charge in [0.1, 0.15) is 11.8 Å². The molecule has 2 aliphatic heterocycles. The highest BCUT2D eigenvalue weighted by atomic mass is 19.1. The molecule has 0 aliphatic carbocycles. The van der Waals surface area contributed by atoms with Gasteiger partial charge in [-0.25, -0.2) is 4.39 Å². The summed E-state index contributed by atoms with van der Waals surface area (Å²) in [6, 6.07) is 8.30. The first-order valence-electron chi connectivity index (χ1n) is 11.8. The first-order valence-corrected chi connectivity index (χ1v) is 11.8. The average Bonchev–Trinajstić information content (AvgIpc) is 3.41. The maximum atomic E-state index is 14.3. The van der Waals surface area contributed by atoms with E-state index in [4.69, 9.17) is 14.3 Å². The maximum absolute atomic E-state index is 14.3. The van der Waals surface area contributed by atoms with E-state index in [0.717, 1.165) is 10.8 Å². The Morgan fingerprint density at radius 2 is 1.97 bits per heavy atom. The van der Waals surface area contributed by atoms with Crippen LogP contribution in [0, 0.1) is 11.3 Å². The van der Waals surface area contributed by atoms with Crippen LogP contribution in [0.15, 0.2) is 41.7 Å². The Labute approximate surface area is 208 Å². The third-order valence-corrected chi connectivity index (χ3v) is 6.57. The topological polar surface area (TPSA) is 116 Å². The van der Waals surface area contributed by atoms with Gasteiger partial charge in [0.05, 0.1) is 17.5 Å². The van der Waals surface area contributed by atoms with E-state index in [2.05, 4.69) is 15.5 Å². The van der Waals surface area contributed by atoms with Crippen molar-refractivity contribution in [1.82, 2.24) is 10.3 Å². The summed E-state index contributed by atoms with van der Waals surface area (Å²) in [5.74, 6) is -4.79. The standard InChI is InChI=1S/C26H30FN3O6/c1-15(2)25(13-18(30-36-25)21-17-9-7-6-8-16(17)10-11-28-21)22(32)29-19-12-20(31)34-26(19,14-27)35-23(33)24(3,4)5/h6-11,15,19H,12-14H2,1-5H3,(H,29,32)/t19-,25+,26-/m0/s1. The molecule has 1 amide bonds. The molecule has 4 rings (SSSR count). The summed E-state index contributed by atoms with van der Waals surface area (Å²) in [6.07, 6.45) is 1.40. The summed E-state index contributed by atoms with van der Waals surface area (Å²) in [4.78, 5) is 48.5. The number of oxime groups is 1. The molecule has 0 radical (unpaired) electrons. The van der Waals surface area contributed by atoms with Crippen molar-refractivity contribution in [3.05, 3.63) is 42.2 Å².